The van der Waals surface area contributed by atoms with Gasteiger partial charge in [0.1, 0.15) is 6.10 Å². The number of ether oxygens (including phenoxy) is 2. The number of benzene rings is 1. The summed E-state index contributed by atoms with van der Waals surface area (Å²) in [5.74, 6) is 1.08. The monoisotopic (exact) mass is 410 g/mol. The van der Waals surface area contributed by atoms with Gasteiger partial charge in [0.2, 0.25) is 0 Å². The van der Waals surface area contributed by atoms with Crippen LogP contribution < -0.4 is 4.90 Å². The molecule has 3 aliphatic heterocycles. The first-order valence-electron chi connectivity index (χ1n) is 11.9. The van der Waals surface area contributed by atoms with Crippen molar-refractivity contribution in [3.05, 3.63) is 30.3 Å². The van der Waals surface area contributed by atoms with Crippen molar-refractivity contribution in [2.24, 2.45) is 23.2 Å². The second kappa shape index (κ2) is 6.96. The predicted molar refractivity (Wildman–Crippen MR) is 115 cm³/mol. The van der Waals surface area contributed by atoms with Crippen LogP contribution in [0.5, 0.6) is 0 Å². The Labute approximate surface area is 179 Å². The maximum Gasteiger partial charge on any atom is 0.310 e. The highest BCUT2D eigenvalue weighted by molar-refractivity contribution is 5.75. The summed E-state index contributed by atoms with van der Waals surface area (Å²) in [6.45, 7) is 8.31. The van der Waals surface area contributed by atoms with Gasteiger partial charge in [-0.05, 0) is 55.6 Å². The molecule has 0 aromatic heterocycles. The van der Waals surface area contributed by atoms with Gasteiger partial charge in [0.25, 0.3) is 0 Å². The van der Waals surface area contributed by atoms with Crippen LogP contribution in [-0.2, 0) is 14.3 Å². The standard InChI is InChI=1S/C25H34N2O3/c1-24-8-5-9-25(17-29-25)22(24)14-19-20(23(28)30-21(19)15-24)16-26-10-12-27(13-11-26)18-6-3-2-4-7-18/h2-4,6-7,19-22H,5,8-17H2,1H3/t19-,20-,21-,22+,24-,25-/m1/s1. The zero-order valence-corrected chi connectivity index (χ0v) is 18.1. The molecule has 0 radical (unpaired) electrons. The van der Waals surface area contributed by atoms with E-state index in [0.29, 0.717) is 11.8 Å². The summed E-state index contributed by atoms with van der Waals surface area (Å²) in [6, 6.07) is 10.7. The number of epoxide rings is 1. The van der Waals surface area contributed by atoms with Crippen molar-refractivity contribution in [3.8, 4) is 0 Å². The van der Waals surface area contributed by atoms with Crippen LogP contribution in [0.15, 0.2) is 30.3 Å². The largest absolute Gasteiger partial charge is 0.462 e. The minimum absolute atomic E-state index is 0.0422. The molecule has 162 valence electrons. The van der Waals surface area contributed by atoms with E-state index in [-0.39, 0.29) is 29.0 Å². The lowest BCUT2D eigenvalue weighted by Gasteiger charge is -2.51. The lowest BCUT2D eigenvalue weighted by atomic mass is 9.53. The van der Waals surface area contributed by atoms with Gasteiger partial charge in [-0.1, -0.05) is 25.1 Å². The van der Waals surface area contributed by atoms with E-state index >= 15 is 0 Å². The normalized spacial score (nSPS) is 43.2. The summed E-state index contributed by atoms with van der Waals surface area (Å²) in [5, 5.41) is 0. The Morgan fingerprint density at radius 3 is 2.60 bits per heavy atom. The molecule has 5 nitrogen and oxygen atoms in total. The summed E-state index contributed by atoms with van der Waals surface area (Å²) in [6.07, 6.45) is 6.01. The van der Waals surface area contributed by atoms with Gasteiger partial charge >= 0.3 is 5.97 Å². The number of anilines is 1. The van der Waals surface area contributed by atoms with Crippen LogP contribution in [0.1, 0.15) is 39.0 Å². The smallest absolute Gasteiger partial charge is 0.310 e. The summed E-state index contributed by atoms with van der Waals surface area (Å²) < 4.78 is 12.0. The first kappa shape index (κ1) is 19.1. The number of nitrogens with zero attached hydrogens (tertiary/aromatic N) is 2. The molecule has 5 fully saturated rings. The molecular weight excluding hydrogens is 376 g/mol. The fourth-order valence-corrected chi connectivity index (χ4v) is 7.27. The molecule has 0 bridgehead atoms. The van der Waals surface area contributed by atoms with Crippen LogP contribution in [0.4, 0.5) is 5.69 Å². The van der Waals surface area contributed by atoms with E-state index in [2.05, 4.69) is 47.1 Å². The van der Waals surface area contributed by atoms with E-state index in [1.807, 2.05) is 0 Å². The molecule has 1 aromatic carbocycles. The van der Waals surface area contributed by atoms with E-state index in [0.717, 1.165) is 52.2 Å². The Balaban J connectivity index is 1.12. The highest BCUT2D eigenvalue weighted by Gasteiger charge is 2.65. The Bertz CT molecular complexity index is 802. The zero-order valence-electron chi connectivity index (χ0n) is 18.1. The average molecular weight is 411 g/mol. The molecule has 6 atom stereocenters. The molecule has 2 saturated carbocycles. The number of para-hydroxylation sites is 1. The third-order valence-electron chi connectivity index (χ3n) is 9.03. The lowest BCUT2D eigenvalue weighted by Crippen LogP contribution is -2.52. The van der Waals surface area contributed by atoms with Crippen molar-refractivity contribution < 1.29 is 14.3 Å². The highest BCUT2D eigenvalue weighted by atomic mass is 16.6. The van der Waals surface area contributed by atoms with Gasteiger partial charge in [0.05, 0.1) is 18.1 Å². The number of esters is 1. The molecule has 1 aromatic rings. The summed E-state index contributed by atoms with van der Waals surface area (Å²) in [7, 11) is 0. The maximum atomic E-state index is 12.9. The third-order valence-corrected chi connectivity index (χ3v) is 9.03. The van der Waals surface area contributed by atoms with Crippen LogP contribution in [0.3, 0.4) is 0 Å². The van der Waals surface area contributed by atoms with E-state index in [1.54, 1.807) is 0 Å². The summed E-state index contributed by atoms with van der Waals surface area (Å²) in [5.41, 5.74) is 1.72. The minimum atomic E-state index is 0.0422. The molecule has 0 unspecified atom stereocenters. The molecule has 5 aliphatic rings. The number of piperazine rings is 1. The molecule has 6 rings (SSSR count). The molecule has 30 heavy (non-hydrogen) atoms. The van der Waals surface area contributed by atoms with E-state index in [1.165, 1.54) is 24.9 Å². The van der Waals surface area contributed by atoms with Crippen molar-refractivity contribution in [3.63, 3.8) is 0 Å². The fourth-order valence-electron chi connectivity index (χ4n) is 7.27. The first-order chi connectivity index (χ1) is 14.6. The Hall–Kier alpha value is -1.59. The maximum absolute atomic E-state index is 12.9. The van der Waals surface area contributed by atoms with Crippen molar-refractivity contribution >= 4 is 11.7 Å². The van der Waals surface area contributed by atoms with Gasteiger partial charge in [0, 0.05) is 44.3 Å². The van der Waals surface area contributed by atoms with E-state index < -0.39 is 0 Å². The number of rotatable bonds is 3. The Morgan fingerprint density at radius 1 is 1.10 bits per heavy atom. The molecule has 1 spiro atoms. The minimum Gasteiger partial charge on any atom is -0.462 e. The average Bonchev–Trinajstić information content (AvgIpc) is 3.46. The second-order valence-corrected chi connectivity index (χ2v) is 10.7. The molecule has 2 aliphatic carbocycles. The number of carbonyl (C=O) groups is 1. The molecule has 0 amide bonds. The van der Waals surface area contributed by atoms with Gasteiger partial charge < -0.3 is 14.4 Å². The molecule has 3 saturated heterocycles. The molecule has 0 N–H and O–H groups in total. The van der Waals surface area contributed by atoms with E-state index in [9.17, 15) is 4.79 Å². The third kappa shape index (κ3) is 3.08. The van der Waals surface area contributed by atoms with Gasteiger partial charge in [-0.15, -0.1) is 0 Å². The zero-order chi connectivity index (χ0) is 20.3. The number of hydrogen-bond donors (Lipinski definition) is 0. The molecule has 3 heterocycles. The first-order valence-corrected chi connectivity index (χ1v) is 11.9. The highest BCUT2D eigenvalue weighted by Crippen LogP contribution is 2.62. The lowest BCUT2D eigenvalue weighted by molar-refractivity contribution is -0.147. The van der Waals surface area contributed by atoms with Crippen LogP contribution in [0.25, 0.3) is 0 Å². The van der Waals surface area contributed by atoms with Crippen molar-refractivity contribution in [2.45, 2.75) is 50.7 Å². The van der Waals surface area contributed by atoms with Crippen molar-refractivity contribution in [1.82, 2.24) is 4.90 Å². The molecule has 5 heteroatoms. The second-order valence-electron chi connectivity index (χ2n) is 10.7. The van der Waals surface area contributed by atoms with Crippen LogP contribution in [0.2, 0.25) is 0 Å². The van der Waals surface area contributed by atoms with Gasteiger partial charge in [0.15, 0.2) is 0 Å². The van der Waals surface area contributed by atoms with Crippen LogP contribution in [-0.4, -0.2) is 61.9 Å². The van der Waals surface area contributed by atoms with Crippen molar-refractivity contribution in [2.75, 3.05) is 44.2 Å². The predicted octanol–water partition coefficient (Wildman–Crippen LogP) is 3.34. The summed E-state index contributed by atoms with van der Waals surface area (Å²) in [4.78, 5) is 17.8. The number of carbonyl (C=O) groups excluding carboxylic acids is 1. The topological polar surface area (TPSA) is 45.3 Å². The van der Waals surface area contributed by atoms with Crippen LogP contribution in [0, 0.1) is 23.2 Å². The summed E-state index contributed by atoms with van der Waals surface area (Å²) >= 11 is 0. The Kier molecular flexibility index (Phi) is 4.44. The van der Waals surface area contributed by atoms with E-state index in [4.69, 9.17) is 9.47 Å². The number of fused-ring (bicyclic) bond motifs is 3. The number of hydrogen-bond acceptors (Lipinski definition) is 5. The fraction of sp³-hybridized carbons (Fsp3) is 0.720. The molecular formula is C25H34N2O3. The SMILES string of the molecule is C[C@]12CCC[C@@]3(CO3)[C@H]1C[C@H]1[C@@H](C2)OC(=O)[C@@H]1CN1CCN(c2ccccc2)CC1. The van der Waals surface area contributed by atoms with Gasteiger partial charge in [-0.3, -0.25) is 9.69 Å². The van der Waals surface area contributed by atoms with Gasteiger partial charge in [-0.2, -0.15) is 0 Å². The van der Waals surface area contributed by atoms with Crippen molar-refractivity contribution in [1.29, 1.82) is 0 Å². The Morgan fingerprint density at radius 2 is 1.87 bits per heavy atom. The van der Waals surface area contributed by atoms with Gasteiger partial charge in [-0.25, -0.2) is 0 Å². The van der Waals surface area contributed by atoms with Crippen LogP contribution >= 0.6 is 0 Å². The quantitative estimate of drug-likeness (QED) is 0.565.